The highest BCUT2D eigenvalue weighted by Crippen LogP contribution is 2.38. The zero-order valence-corrected chi connectivity index (χ0v) is 12.4. The van der Waals surface area contributed by atoms with Gasteiger partial charge < -0.3 is 5.32 Å². The molecule has 0 aromatic carbocycles. The van der Waals surface area contributed by atoms with Crippen LogP contribution in [0.25, 0.3) is 0 Å². The summed E-state index contributed by atoms with van der Waals surface area (Å²) in [6.45, 7) is 0. The summed E-state index contributed by atoms with van der Waals surface area (Å²) in [7, 11) is 0. The van der Waals surface area contributed by atoms with E-state index >= 15 is 0 Å². The van der Waals surface area contributed by atoms with Crippen molar-refractivity contribution < 1.29 is 9.59 Å². The van der Waals surface area contributed by atoms with Gasteiger partial charge in [0, 0.05) is 17.2 Å². The number of amides is 1. The first-order valence-corrected chi connectivity index (χ1v) is 7.87. The molecule has 1 fully saturated rings. The van der Waals surface area contributed by atoms with Crippen molar-refractivity contribution in [3.05, 3.63) is 29.5 Å². The maximum atomic E-state index is 11.6. The summed E-state index contributed by atoms with van der Waals surface area (Å²) in [5.41, 5.74) is 1.51. The molecule has 4 heteroatoms. The van der Waals surface area contributed by atoms with Crippen molar-refractivity contribution in [1.29, 1.82) is 0 Å². The number of hydrogen-bond donors (Lipinski definition) is 1. The maximum Gasteiger partial charge on any atom is 0.234 e. The second-order valence-electron chi connectivity index (χ2n) is 5.10. The van der Waals surface area contributed by atoms with Crippen LogP contribution in [0.3, 0.4) is 0 Å². The van der Waals surface area contributed by atoms with Gasteiger partial charge in [-0.15, -0.1) is 0 Å². The third-order valence-electron chi connectivity index (χ3n) is 3.87. The molecular weight excluding hydrogens is 306 g/mol. The molecule has 0 bridgehead atoms. The van der Waals surface area contributed by atoms with Gasteiger partial charge >= 0.3 is 0 Å². The summed E-state index contributed by atoms with van der Waals surface area (Å²) in [6.07, 6.45) is 11.4. The molecule has 2 aliphatic rings. The fraction of sp³-hybridized carbons (Fsp3) is 0.533. The zero-order chi connectivity index (χ0) is 13.7. The van der Waals surface area contributed by atoms with Crippen LogP contribution >= 0.6 is 15.9 Å². The minimum absolute atomic E-state index is 0.00537. The van der Waals surface area contributed by atoms with Crippen LogP contribution in [0.2, 0.25) is 0 Å². The normalized spacial score (nSPS) is 23.7. The van der Waals surface area contributed by atoms with E-state index in [2.05, 4.69) is 21.2 Å². The van der Waals surface area contributed by atoms with E-state index in [9.17, 15) is 9.59 Å². The Kier molecular flexibility index (Phi) is 5.17. The number of carbonyl (C=O) groups excluding carboxylic acids is 2. The summed E-state index contributed by atoms with van der Waals surface area (Å²) in [6, 6.07) is 0. The summed E-state index contributed by atoms with van der Waals surface area (Å²) in [5, 5.41) is 3.17. The van der Waals surface area contributed by atoms with Crippen molar-refractivity contribution in [1.82, 2.24) is 5.32 Å². The van der Waals surface area contributed by atoms with Gasteiger partial charge in [0.15, 0.2) is 0 Å². The predicted molar refractivity (Wildman–Crippen MR) is 78.4 cm³/mol. The Hall–Kier alpha value is -1.12. The first kappa shape index (κ1) is 14.3. The molecule has 102 valence electrons. The van der Waals surface area contributed by atoms with Gasteiger partial charge in [-0.25, -0.2) is 4.79 Å². The Morgan fingerprint density at radius 3 is 2.74 bits per heavy atom. The van der Waals surface area contributed by atoms with Crippen LogP contribution in [-0.4, -0.2) is 17.2 Å². The van der Waals surface area contributed by atoms with Gasteiger partial charge in [-0.3, -0.25) is 4.79 Å². The van der Waals surface area contributed by atoms with Crippen LogP contribution in [0.4, 0.5) is 0 Å². The molecule has 1 amide bonds. The standard InChI is InChI=1S/C15H18BrNO2/c16-9-14(19)17-13-8-4-7-12(10-18)15(13)11-5-2-1-3-6-11/h4,7-8,11,15H,1-3,5-6,9H2,(H,17,19). The fourth-order valence-electron chi connectivity index (χ4n) is 3.02. The van der Waals surface area contributed by atoms with Crippen LogP contribution in [0.1, 0.15) is 32.1 Å². The summed E-state index contributed by atoms with van der Waals surface area (Å²) in [4.78, 5) is 22.7. The predicted octanol–water partition coefficient (Wildman–Crippen LogP) is 2.91. The van der Waals surface area contributed by atoms with Gasteiger partial charge in [0.2, 0.25) is 5.91 Å². The minimum atomic E-state index is -0.0763. The molecule has 1 unspecified atom stereocenters. The van der Waals surface area contributed by atoms with Gasteiger partial charge in [0.1, 0.15) is 5.94 Å². The molecule has 1 saturated carbocycles. The summed E-state index contributed by atoms with van der Waals surface area (Å²) < 4.78 is 0. The van der Waals surface area contributed by atoms with E-state index in [1.165, 1.54) is 19.3 Å². The van der Waals surface area contributed by atoms with Crippen molar-refractivity contribution >= 4 is 27.8 Å². The molecule has 0 radical (unpaired) electrons. The second kappa shape index (κ2) is 6.88. The van der Waals surface area contributed by atoms with E-state index < -0.39 is 0 Å². The molecule has 0 saturated heterocycles. The summed E-state index contributed by atoms with van der Waals surface area (Å²) >= 11 is 3.15. The molecule has 2 aliphatic carbocycles. The Labute approximate surface area is 122 Å². The average Bonchev–Trinajstić information content (AvgIpc) is 2.47. The summed E-state index contributed by atoms with van der Waals surface area (Å²) in [5.74, 6) is 2.42. The SMILES string of the molecule is O=C=C1C=CC=C(NC(=O)CBr)C1C1CCCCC1. The van der Waals surface area contributed by atoms with Crippen molar-refractivity contribution in [2.75, 3.05) is 5.33 Å². The number of allylic oxidation sites excluding steroid dienone is 4. The monoisotopic (exact) mass is 323 g/mol. The number of hydrogen-bond acceptors (Lipinski definition) is 2. The molecule has 0 aliphatic heterocycles. The third kappa shape index (κ3) is 3.46. The van der Waals surface area contributed by atoms with Crippen LogP contribution in [0, 0.1) is 11.8 Å². The fourth-order valence-corrected chi connectivity index (χ4v) is 3.16. The van der Waals surface area contributed by atoms with E-state index in [4.69, 9.17) is 0 Å². The zero-order valence-electron chi connectivity index (χ0n) is 10.8. The highest BCUT2D eigenvalue weighted by Gasteiger charge is 2.31. The smallest absolute Gasteiger partial charge is 0.234 e. The van der Waals surface area contributed by atoms with Crippen molar-refractivity contribution in [3.8, 4) is 0 Å². The topological polar surface area (TPSA) is 46.2 Å². The lowest BCUT2D eigenvalue weighted by molar-refractivity contribution is -0.117. The van der Waals surface area contributed by atoms with Gasteiger partial charge in [0.25, 0.3) is 0 Å². The largest absolute Gasteiger partial charge is 0.328 e. The van der Waals surface area contributed by atoms with Gasteiger partial charge in [-0.2, -0.15) is 0 Å². The molecule has 0 aromatic heterocycles. The van der Waals surface area contributed by atoms with Crippen LogP contribution in [0.5, 0.6) is 0 Å². The average molecular weight is 324 g/mol. The molecule has 0 spiro atoms. The van der Waals surface area contributed by atoms with E-state index in [1.807, 2.05) is 24.2 Å². The molecule has 1 N–H and O–H groups in total. The maximum absolute atomic E-state index is 11.6. The lowest BCUT2D eigenvalue weighted by atomic mass is 9.74. The van der Waals surface area contributed by atoms with Crippen molar-refractivity contribution in [2.45, 2.75) is 32.1 Å². The van der Waals surface area contributed by atoms with E-state index in [0.29, 0.717) is 11.5 Å². The molecule has 1 atom stereocenters. The van der Waals surface area contributed by atoms with E-state index in [0.717, 1.165) is 18.5 Å². The molecule has 0 aromatic rings. The second-order valence-corrected chi connectivity index (χ2v) is 5.66. The Balaban J connectivity index is 2.22. The molecule has 2 rings (SSSR count). The lowest BCUT2D eigenvalue weighted by Gasteiger charge is -2.33. The number of alkyl halides is 1. The van der Waals surface area contributed by atoms with Gasteiger partial charge in [-0.1, -0.05) is 41.3 Å². The van der Waals surface area contributed by atoms with E-state index in [-0.39, 0.29) is 17.2 Å². The molecule has 0 heterocycles. The Morgan fingerprint density at radius 1 is 1.37 bits per heavy atom. The number of carbonyl (C=O) groups is 1. The number of rotatable bonds is 3. The lowest BCUT2D eigenvalue weighted by Crippen LogP contribution is -2.33. The highest BCUT2D eigenvalue weighted by atomic mass is 79.9. The molecule has 3 nitrogen and oxygen atoms in total. The highest BCUT2D eigenvalue weighted by molar-refractivity contribution is 9.09. The first-order chi connectivity index (χ1) is 9.26. The number of halogens is 1. The quantitative estimate of drug-likeness (QED) is 0.641. The molecular formula is C15H18BrNO2. The van der Waals surface area contributed by atoms with Gasteiger partial charge in [-0.05, 0) is 30.9 Å². The van der Waals surface area contributed by atoms with Crippen molar-refractivity contribution in [2.24, 2.45) is 11.8 Å². The molecule has 19 heavy (non-hydrogen) atoms. The third-order valence-corrected chi connectivity index (χ3v) is 4.38. The van der Waals surface area contributed by atoms with Crippen LogP contribution in [-0.2, 0) is 9.59 Å². The van der Waals surface area contributed by atoms with E-state index in [1.54, 1.807) is 0 Å². The first-order valence-electron chi connectivity index (χ1n) is 6.75. The number of nitrogens with one attached hydrogen (secondary N) is 1. The minimum Gasteiger partial charge on any atom is -0.328 e. The Morgan fingerprint density at radius 2 is 2.11 bits per heavy atom. The van der Waals surface area contributed by atoms with Crippen LogP contribution in [0.15, 0.2) is 29.5 Å². The van der Waals surface area contributed by atoms with Gasteiger partial charge in [0.05, 0.1) is 5.33 Å². The Bertz CT molecular complexity index is 455. The van der Waals surface area contributed by atoms with Crippen LogP contribution < -0.4 is 5.32 Å². The van der Waals surface area contributed by atoms with Crippen molar-refractivity contribution in [3.63, 3.8) is 0 Å².